The maximum atomic E-state index is 13.4. The van der Waals surface area contributed by atoms with E-state index in [4.69, 9.17) is 4.74 Å². The van der Waals surface area contributed by atoms with Gasteiger partial charge >= 0.3 is 5.97 Å². The van der Waals surface area contributed by atoms with Crippen molar-refractivity contribution in [1.82, 2.24) is 0 Å². The number of halogens is 2. The molecule has 1 aromatic carbocycles. The van der Waals surface area contributed by atoms with Crippen LogP contribution in [0.25, 0.3) is 0 Å². The van der Waals surface area contributed by atoms with Crippen molar-refractivity contribution >= 4 is 11.7 Å². The van der Waals surface area contributed by atoms with Crippen LogP contribution in [0.1, 0.15) is 0 Å². The number of carbonyl (C=O) groups excluding carboxylic acids is 1. The number of nitrogens with one attached hydrogen (secondary N) is 1. The highest BCUT2D eigenvalue weighted by Gasteiger charge is 2.47. The third-order valence-corrected chi connectivity index (χ3v) is 2.92. The van der Waals surface area contributed by atoms with Crippen molar-refractivity contribution in [3.8, 4) is 0 Å². The Morgan fingerprint density at radius 1 is 1.50 bits per heavy atom. The molecule has 1 heterocycles. The highest BCUT2D eigenvalue weighted by molar-refractivity contribution is 5.78. The topological polar surface area (TPSA) is 47.6 Å². The van der Waals surface area contributed by atoms with Crippen LogP contribution in [-0.4, -0.2) is 32.8 Å². The Kier molecular flexibility index (Phi) is 3.47. The molecule has 1 aliphatic rings. The third-order valence-electron chi connectivity index (χ3n) is 2.92. The zero-order valence-corrected chi connectivity index (χ0v) is 9.83. The van der Waals surface area contributed by atoms with Gasteiger partial charge in [0.25, 0.3) is 0 Å². The minimum atomic E-state index is -0.812. The van der Waals surface area contributed by atoms with Crippen molar-refractivity contribution in [3.05, 3.63) is 29.8 Å². The van der Waals surface area contributed by atoms with E-state index in [0.29, 0.717) is 0 Å². The average Bonchev–Trinajstić information content (AvgIpc) is 2.31. The van der Waals surface area contributed by atoms with E-state index in [0.717, 1.165) is 18.2 Å². The van der Waals surface area contributed by atoms with Gasteiger partial charge in [-0.2, -0.15) is 0 Å². The number of rotatable bonds is 4. The Morgan fingerprint density at radius 2 is 2.22 bits per heavy atom. The number of anilines is 1. The maximum Gasteiger partial charge on any atom is 0.318 e. The SMILES string of the molecule is COC(=O)C1(CNc2cc(F)ccc2F)COC1. The zero-order valence-electron chi connectivity index (χ0n) is 9.83. The van der Waals surface area contributed by atoms with Gasteiger partial charge in [-0.1, -0.05) is 0 Å². The molecule has 0 aromatic heterocycles. The highest BCUT2D eigenvalue weighted by atomic mass is 19.1. The lowest BCUT2D eigenvalue weighted by atomic mass is 9.86. The summed E-state index contributed by atoms with van der Waals surface area (Å²) >= 11 is 0. The normalized spacial score (nSPS) is 16.8. The van der Waals surface area contributed by atoms with E-state index in [2.05, 4.69) is 10.1 Å². The van der Waals surface area contributed by atoms with Crippen LogP contribution >= 0.6 is 0 Å². The number of hydrogen-bond donors (Lipinski definition) is 1. The smallest absolute Gasteiger partial charge is 0.318 e. The van der Waals surface area contributed by atoms with Crippen LogP contribution in [0, 0.1) is 17.0 Å². The summed E-state index contributed by atoms with van der Waals surface area (Å²) < 4.78 is 36.0. The fourth-order valence-electron chi connectivity index (χ4n) is 1.75. The van der Waals surface area contributed by atoms with Gasteiger partial charge in [0, 0.05) is 6.54 Å². The Morgan fingerprint density at radius 3 is 2.78 bits per heavy atom. The zero-order chi connectivity index (χ0) is 13.2. The summed E-state index contributed by atoms with van der Waals surface area (Å²) in [6, 6.07) is 3.10. The minimum absolute atomic E-state index is 0.0187. The summed E-state index contributed by atoms with van der Waals surface area (Å²) in [5.74, 6) is -1.54. The predicted octanol–water partition coefficient (Wildman–Crippen LogP) is 1.57. The molecule has 0 spiro atoms. The van der Waals surface area contributed by atoms with E-state index < -0.39 is 23.0 Å². The number of ether oxygens (including phenoxy) is 2. The summed E-state index contributed by atoms with van der Waals surface area (Å²) in [6.45, 7) is 0.563. The van der Waals surface area contributed by atoms with Crippen LogP contribution in [0.4, 0.5) is 14.5 Å². The molecule has 0 saturated carbocycles. The summed E-state index contributed by atoms with van der Waals surface area (Å²) in [4.78, 5) is 11.6. The molecule has 1 saturated heterocycles. The Balaban J connectivity index is 2.06. The van der Waals surface area contributed by atoms with Crippen molar-refractivity contribution < 1.29 is 23.0 Å². The molecule has 1 N–H and O–H groups in total. The van der Waals surface area contributed by atoms with E-state index in [-0.39, 0.29) is 25.4 Å². The van der Waals surface area contributed by atoms with Gasteiger partial charge in [0.1, 0.15) is 17.0 Å². The van der Waals surface area contributed by atoms with E-state index in [1.54, 1.807) is 0 Å². The second kappa shape index (κ2) is 4.89. The van der Waals surface area contributed by atoms with Gasteiger partial charge in [-0.25, -0.2) is 8.78 Å². The fourth-order valence-corrected chi connectivity index (χ4v) is 1.75. The number of benzene rings is 1. The van der Waals surface area contributed by atoms with Crippen LogP contribution in [0.15, 0.2) is 18.2 Å². The van der Waals surface area contributed by atoms with Crippen LogP contribution < -0.4 is 5.32 Å². The van der Waals surface area contributed by atoms with Gasteiger partial charge in [0.2, 0.25) is 0 Å². The molecule has 0 amide bonds. The first-order chi connectivity index (χ1) is 8.57. The second-order valence-corrected chi connectivity index (χ2v) is 4.24. The fraction of sp³-hybridized carbons (Fsp3) is 0.417. The molecule has 0 aliphatic carbocycles. The molecular formula is C12H13F2NO3. The van der Waals surface area contributed by atoms with E-state index >= 15 is 0 Å². The summed E-state index contributed by atoms with van der Waals surface area (Å²) in [6.07, 6.45) is 0. The number of methoxy groups -OCH3 is 1. The molecule has 0 unspecified atom stereocenters. The lowest BCUT2D eigenvalue weighted by molar-refractivity contribution is -0.180. The second-order valence-electron chi connectivity index (χ2n) is 4.24. The van der Waals surface area contributed by atoms with Gasteiger partial charge in [-0.15, -0.1) is 0 Å². The van der Waals surface area contributed by atoms with Crippen molar-refractivity contribution in [3.63, 3.8) is 0 Å². The maximum absolute atomic E-state index is 13.4. The molecule has 18 heavy (non-hydrogen) atoms. The first-order valence-corrected chi connectivity index (χ1v) is 5.42. The van der Waals surface area contributed by atoms with Gasteiger partial charge in [-0.3, -0.25) is 4.79 Å². The molecule has 6 heteroatoms. The lowest BCUT2D eigenvalue weighted by Gasteiger charge is -2.38. The van der Waals surface area contributed by atoms with Crippen molar-refractivity contribution in [2.45, 2.75) is 0 Å². The Bertz CT molecular complexity index is 461. The van der Waals surface area contributed by atoms with Crippen LogP contribution in [0.5, 0.6) is 0 Å². The quantitative estimate of drug-likeness (QED) is 0.832. The molecule has 0 bridgehead atoms. The molecule has 2 rings (SSSR count). The highest BCUT2D eigenvalue weighted by Crippen LogP contribution is 2.30. The molecular weight excluding hydrogens is 244 g/mol. The standard InChI is InChI=1S/C12H13F2NO3/c1-17-11(16)12(6-18-7-12)5-15-10-4-8(13)2-3-9(10)14/h2-4,15H,5-7H2,1H3. The van der Waals surface area contributed by atoms with E-state index in [1.807, 2.05) is 0 Å². The Hall–Kier alpha value is -1.69. The molecule has 0 radical (unpaired) electrons. The van der Waals surface area contributed by atoms with Crippen LogP contribution in [-0.2, 0) is 14.3 Å². The van der Waals surface area contributed by atoms with Crippen molar-refractivity contribution in [1.29, 1.82) is 0 Å². The molecule has 1 fully saturated rings. The molecule has 98 valence electrons. The summed E-state index contributed by atoms with van der Waals surface area (Å²) in [5.41, 5.74) is -0.793. The first-order valence-electron chi connectivity index (χ1n) is 5.42. The average molecular weight is 257 g/mol. The summed E-state index contributed by atoms with van der Waals surface area (Å²) in [7, 11) is 1.28. The van der Waals surface area contributed by atoms with Gasteiger partial charge in [-0.05, 0) is 18.2 Å². The van der Waals surface area contributed by atoms with Crippen LogP contribution in [0.2, 0.25) is 0 Å². The number of hydrogen-bond acceptors (Lipinski definition) is 4. The minimum Gasteiger partial charge on any atom is -0.468 e. The largest absolute Gasteiger partial charge is 0.468 e. The molecule has 1 aromatic rings. The van der Waals surface area contributed by atoms with Gasteiger partial charge in [0.15, 0.2) is 0 Å². The monoisotopic (exact) mass is 257 g/mol. The van der Waals surface area contributed by atoms with Crippen molar-refractivity contribution in [2.75, 3.05) is 32.2 Å². The first kappa shape index (κ1) is 12.8. The van der Waals surface area contributed by atoms with Gasteiger partial charge < -0.3 is 14.8 Å². The van der Waals surface area contributed by atoms with E-state index in [9.17, 15) is 13.6 Å². The Labute approximate surface area is 103 Å². The number of carbonyl (C=O) groups is 1. The molecule has 1 aliphatic heterocycles. The lowest BCUT2D eigenvalue weighted by Crippen LogP contribution is -2.54. The van der Waals surface area contributed by atoms with Crippen molar-refractivity contribution in [2.24, 2.45) is 5.41 Å². The van der Waals surface area contributed by atoms with Crippen LogP contribution in [0.3, 0.4) is 0 Å². The summed E-state index contributed by atoms with van der Waals surface area (Å²) in [5, 5.41) is 2.72. The predicted molar refractivity (Wildman–Crippen MR) is 60.1 cm³/mol. The van der Waals surface area contributed by atoms with E-state index in [1.165, 1.54) is 7.11 Å². The third kappa shape index (κ3) is 2.28. The number of esters is 1. The molecule has 0 atom stereocenters. The molecule has 4 nitrogen and oxygen atoms in total. The van der Waals surface area contributed by atoms with Gasteiger partial charge in [0.05, 0.1) is 26.0 Å².